The number of benzene rings is 2. The Morgan fingerprint density at radius 1 is 0.912 bits per heavy atom. The lowest BCUT2D eigenvalue weighted by Gasteiger charge is -2.34. The SMILES string of the molecule is CCOCCC1(Oc2ccc(Oc3ccc(CNC(=O)OC)cc3)cc2)C(=O)NC(=O)NC1=O. The summed E-state index contributed by atoms with van der Waals surface area (Å²) >= 11 is 0. The van der Waals surface area contributed by atoms with Crippen LogP contribution >= 0.6 is 0 Å². The number of rotatable bonds is 10. The number of nitrogens with one attached hydrogen (secondary N) is 3. The average molecular weight is 471 g/mol. The number of alkyl carbamates (subject to hydrolysis) is 1. The zero-order valence-corrected chi connectivity index (χ0v) is 18.7. The first-order chi connectivity index (χ1) is 16.4. The first-order valence-electron chi connectivity index (χ1n) is 10.5. The molecule has 34 heavy (non-hydrogen) atoms. The summed E-state index contributed by atoms with van der Waals surface area (Å²) in [7, 11) is 1.29. The maximum absolute atomic E-state index is 12.5. The van der Waals surface area contributed by atoms with Gasteiger partial charge in [0.05, 0.1) is 13.7 Å². The first kappa shape index (κ1) is 24.5. The number of barbiturate groups is 1. The molecule has 180 valence electrons. The Balaban J connectivity index is 1.66. The molecule has 5 amide bonds. The molecule has 0 atom stereocenters. The van der Waals surface area contributed by atoms with Crippen LogP contribution in [0.1, 0.15) is 18.9 Å². The van der Waals surface area contributed by atoms with Gasteiger partial charge >= 0.3 is 12.1 Å². The van der Waals surface area contributed by atoms with Crippen LogP contribution in [0.15, 0.2) is 48.5 Å². The van der Waals surface area contributed by atoms with Crippen LogP contribution in [-0.4, -0.2) is 49.9 Å². The van der Waals surface area contributed by atoms with Gasteiger partial charge in [0.25, 0.3) is 17.4 Å². The van der Waals surface area contributed by atoms with Crippen molar-refractivity contribution in [2.45, 2.75) is 25.5 Å². The molecule has 0 radical (unpaired) electrons. The summed E-state index contributed by atoms with van der Waals surface area (Å²) in [6.07, 6.45) is -0.599. The van der Waals surface area contributed by atoms with Crippen LogP contribution in [0, 0.1) is 0 Å². The summed E-state index contributed by atoms with van der Waals surface area (Å²) in [6.45, 7) is 2.57. The van der Waals surface area contributed by atoms with E-state index in [4.69, 9.17) is 14.2 Å². The van der Waals surface area contributed by atoms with Crippen LogP contribution in [0.2, 0.25) is 0 Å². The number of urea groups is 1. The summed E-state index contributed by atoms with van der Waals surface area (Å²) in [6, 6.07) is 12.5. The second-order valence-corrected chi connectivity index (χ2v) is 7.18. The Morgan fingerprint density at radius 2 is 1.47 bits per heavy atom. The highest BCUT2D eigenvalue weighted by atomic mass is 16.5. The van der Waals surface area contributed by atoms with Crippen LogP contribution in [0.3, 0.4) is 0 Å². The molecule has 1 heterocycles. The van der Waals surface area contributed by atoms with Crippen molar-refractivity contribution in [2.24, 2.45) is 0 Å². The van der Waals surface area contributed by atoms with Crippen molar-refractivity contribution in [1.29, 1.82) is 0 Å². The number of carbonyl (C=O) groups excluding carboxylic acids is 4. The zero-order chi connectivity index (χ0) is 24.6. The maximum atomic E-state index is 12.5. The molecule has 0 bridgehead atoms. The molecule has 3 N–H and O–H groups in total. The number of methoxy groups -OCH3 is 1. The molecule has 3 rings (SSSR count). The highest BCUT2D eigenvalue weighted by molar-refractivity contribution is 6.21. The number of hydrogen-bond donors (Lipinski definition) is 3. The van der Waals surface area contributed by atoms with E-state index in [0.29, 0.717) is 24.7 Å². The molecule has 0 aromatic heterocycles. The predicted molar refractivity (Wildman–Crippen MR) is 118 cm³/mol. The second kappa shape index (κ2) is 11.1. The molecule has 0 saturated carbocycles. The Labute approximate surface area is 195 Å². The molecular weight excluding hydrogens is 446 g/mol. The Kier molecular flexibility index (Phi) is 8.04. The minimum Gasteiger partial charge on any atom is -0.467 e. The van der Waals surface area contributed by atoms with E-state index in [-0.39, 0.29) is 18.8 Å². The van der Waals surface area contributed by atoms with Crippen molar-refractivity contribution >= 4 is 23.9 Å². The Bertz CT molecular complexity index is 1020. The fraction of sp³-hybridized carbons (Fsp3) is 0.304. The summed E-state index contributed by atoms with van der Waals surface area (Å²) in [5.41, 5.74) is -1.08. The van der Waals surface area contributed by atoms with E-state index in [2.05, 4.69) is 20.7 Å². The van der Waals surface area contributed by atoms with Crippen molar-refractivity contribution < 1.29 is 38.1 Å². The van der Waals surface area contributed by atoms with Crippen LogP contribution < -0.4 is 25.4 Å². The standard InChI is InChI=1S/C23H25N3O8/c1-3-32-13-12-23(19(27)25-21(29)26-20(23)28)34-18-10-8-17(9-11-18)33-16-6-4-15(5-7-16)14-24-22(30)31-2/h4-11H,3,12-14H2,1-2H3,(H,24,30)(H2,25,26,27,28,29). The van der Waals surface area contributed by atoms with Crippen LogP contribution in [-0.2, 0) is 25.6 Å². The maximum Gasteiger partial charge on any atom is 0.407 e. The van der Waals surface area contributed by atoms with Crippen molar-refractivity contribution in [3.63, 3.8) is 0 Å². The van der Waals surface area contributed by atoms with Gasteiger partial charge in [0, 0.05) is 19.6 Å². The minimum atomic E-state index is -1.94. The van der Waals surface area contributed by atoms with Gasteiger partial charge in [-0.3, -0.25) is 20.2 Å². The third kappa shape index (κ3) is 6.01. The topological polar surface area (TPSA) is 141 Å². The summed E-state index contributed by atoms with van der Waals surface area (Å²) in [5.74, 6) is -0.434. The normalized spacial score (nSPS) is 14.6. The van der Waals surface area contributed by atoms with E-state index in [1.165, 1.54) is 7.11 Å². The van der Waals surface area contributed by atoms with Crippen LogP contribution in [0.4, 0.5) is 9.59 Å². The van der Waals surface area contributed by atoms with Crippen molar-refractivity contribution in [1.82, 2.24) is 16.0 Å². The Morgan fingerprint density at radius 3 is 2.03 bits per heavy atom. The molecule has 1 saturated heterocycles. The molecule has 1 aliphatic rings. The van der Waals surface area contributed by atoms with Gasteiger partial charge in [0.15, 0.2) is 0 Å². The molecule has 0 aliphatic carbocycles. The molecule has 2 aromatic rings. The monoisotopic (exact) mass is 471 g/mol. The van der Waals surface area contributed by atoms with Crippen molar-refractivity contribution in [3.8, 4) is 17.2 Å². The molecule has 1 fully saturated rings. The summed E-state index contributed by atoms with van der Waals surface area (Å²) in [4.78, 5) is 47.7. The largest absolute Gasteiger partial charge is 0.467 e. The fourth-order valence-corrected chi connectivity index (χ4v) is 3.11. The van der Waals surface area contributed by atoms with Gasteiger partial charge in [-0.2, -0.15) is 0 Å². The molecule has 2 aromatic carbocycles. The van der Waals surface area contributed by atoms with Gasteiger partial charge in [-0.05, 0) is 48.9 Å². The molecular formula is C23H25N3O8. The van der Waals surface area contributed by atoms with E-state index >= 15 is 0 Å². The lowest BCUT2D eigenvalue weighted by molar-refractivity contribution is -0.153. The van der Waals surface area contributed by atoms with Crippen LogP contribution in [0.25, 0.3) is 0 Å². The van der Waals surface area contributed by atoms with E-state index in [0.717, 1.165) is 5.56 Å². The van der Waals surface area contributed by atoms with Gasteiger partial charge in [0.2, 0.25) is 0 Å². The van der Waals surface area contributed by atoms with E-state index in [1.54, 1.807) is 55.5 Å². The van der Waals surface area contributed by atoms with E-state index < -0.39 is 29.5 Å². The highest BCUT2D eigenvalue weighted by Gasteiger charge is 2.52. The minimum absolute atomic E-state index is 0.0812. The summed E-state index contributed by atoms with van der Waals surface area (Å²) in [5, 5.41) is 6.73. The van der Waals surface area contributed by atoms with Gasteiger partial charge in [-0.15, -0.1) is 0 Å². The number of carbonyl (C=O) groups is 4. The molecule has 0 spiro atoms. The molecule has 11 nitrogen and oxygen atoms in total. The number of imide groups is 2. The lowest BCUT2D eigenvalue weighted by atomic mass is 9.95. The van der Waals surface area contributed by atoms with E-state index in [9.17, 15) is 19.2 Å². The number of amides is 5. The predicted octanol–water partition coefficient (Wildman–Crippen LogP) is 2.25. The second-order valence-electron chi connectivity index (χ2n) is 7.18. The average Bonchev–Trinajstić information content (AvgIpc) is 2.83. The van der Waals surface area contributed by atoms with Gasteiger partial charge in [-0.25, -0.2) is 9.59 Å². The van der Waals surface area contributed by atoms with Crippen molar-refractivity contribution in [2.75, 3.05) is 20.3 Å². The highest BCUT2D eigenvalue weighted by Crippen LogP contribution is 2.28. The third-order valence-electron chi connectivity index (χ3n) is 4.89. The third-order valence-corrected chi connectivity index (χ3v) is 4.89. The molecule has 11 heteroatoms. The fourth-order valence-electron chi connectivity index (χ4n) is 3.11. The van der Waals surface area contributed by atoms with Gasteiger partial charge in [-0.1, -0.05) is 12.1 Å². The van der Waals surface area contributed by atoms with Crippen molar-refractivity contribution in [3.05, 3.63) is 54.1 Å². The van der Waals surface area contributed by atoms with E-state index in [1.807, 2.05) is 0 Å². The number of hydrogen-bond acceptors (Lipinski definition) is 8. The van der Waals surface area contributed by atoms with Gasteiger partial charge < -0.3 is 24.3 Å². The Hall–Kier alpha value is -4.12. The smallest absolute Gasteiger partial charge is 0.407 e. The molecule has 1 aliphatic heterocycles. The lowest BCUT2D eigenvalue weighted by Crippen LogP contribution is -2.69. The zero-order valence-electron chi connectivity index (χ0n) is 18.7. The quantitative estimate of drug-likeness (QED) is 0.354. The first-order valence-corrected chi connectivity index (χ1v) is 10.5. The summed E-state index contributed by atoms with van der Waals surface area (Å²) < 4.78 is 21.4. The molecule has 0 unspecified atom stereocenters. The van der Waals surface area contributed by atoms with Crippen LogP contribution in [0.5, 0.6) is 17.2 Å². The van der Waals surface area contributed by atoms with Gasteiger partial charge in [0.1, 0.15) is 17.2 Å². The number of ether oxygens (including phenoxy) is 4.